The number of halogens is 1. The summed E-state index contributed by atoms with van der Waals surface area (Å²) in [6.45, 7) is 5.59. The zero-order valence-corrected chi connectivity index (χ0v) is 7.41. The second kappa shape index (κ2) is 4.31. The first-order valence-corrected chi connectivity index (χ1v) is 4.06. The molecule has 0 aromatic rings. The SMILES string of the molecule is CC.CC(=O)NCC1(F)CC1. The molecule has 11 heavy (non-hydrogen) atoms. The molecule has 0 heterocycles. The number of amides is 1. The first kappa shape index (κ1) is 10.4. The summed E-state index contributed by atoms with van der Waals surface area (Å²) in [6.07, 6.45) is 1.21. The maximum atomic E-state index is 12.6. The molecule has 0 spiro atoms. The summed E-state index contributed by atoms with van der Waals surface area (Å²) < 4.78 is 12.6. The second-order valence-corrected chi connectivity index (χ2v) is 2.56. The van der Waals surface area contributed by atoms with Crippen LogP contribution in [0.4, 0.5) is 4.39 Å². The molecule has 1 rings (SSSR count). The lowest BCUT2D eigenvalue weighted by molar-refractivity contribution is -0.119. The summed E-state index contributed by atoms with van der Waals surface area (Å²) in [4.78, 5) is 10.2. The van der Waals surface area contributed by atoms with E-state index in [4.69, 9.17) is 0 Å². The van der Waals surface area contributed by atoms with E-state index in [0.717, 1.165) is 0 Å². The van der Waals surface area contributed by atoms with Gasteiger partial charge in [-0.05, 0) is 12.8 Å². The van der Waals surface area contributed by atoms with Gasteiger partial charge >= 0.3 is 0 Å². The molecule has 0 aromatic carbocycles. The van der Waals surface area contributed by atoms with Gasteiger partial charge in [-0.2, -0.15) is 0 Å². The number of nitrogens with one attached hydrogen (secondary N) is 1. The van der Waals surface area contributed by atoms with Crippen molar-refractivity contribution in [2.24, 2.45) is 0 Å². The summed E-state index contributed by atoms with van der Waals surface area (Å²) in [7, 11) is 0. The predicted octanol–water partition coefficient (Wildman–Crippen LogP) is 1.65. The van der Waals surface area contributed by atoms with E-state index >= 15 is 0 Å². The summed E-state index contributed by atoms with van der Waals surface area (Å²) in [6, 6.07) is 0. The highest BCUT2D eigenvalue weighted by Crippen LogP contribution is 2.38. The van der Waals surface area contributed by atoms with Gasteiger partial charge in [0.25, 0.3) is 0 Å². The largest absolute Gasteiger partial charge is 0.353 e. The Bertz CT molecular complexity index is 132. The molecule has 3 heteroatoms. The predicted molar refractivity (Wildman–Crippen MR) is 43.1 cm³/mol. The summed E-state index contributed by atoms with van der Waals surface area (Å²) in [5.41, 5.74) is -1.05. The molecule has 1 aliphatic carbocycles. The number of carbonyl (C=O) groups is 1. The first-order chi connectivity index (χ1) is 5.12. The van der Waals surface area contributed by atoms with Gasteiger partial charge in [-0.3, -0.25) is 4.79 Å². The molecule has 1 saturated carbocycles. The number of carbonyl (C=O) groups excluding carboxylic acids is 1. The van der Waals surface area contributed by atoms with Crippen LogP contribution < -0.4 is 5.32 Å². The van der Waals surface area contributed by atoms with Gasteiger partial charge in [0, 0.05) is 6.92 Å². The van der Waals surface area contributed by atoms with Gasteiger partial charge in [0.15, 0.2) is 0 Å². The van der Waals surface area contributed by atoms with Gasteiger partial charge in [0.2, 0.25) is 5.91 Å². The van der Waals surface area contributed by atoms with Crippen molar-refractivity contribution < 1.29 is 9.18 Å². The molecule has 66 valence electrons. The Balaban J connectivity index is 0.000000461. The number of alkyl halides is 1. The fourth-order valence-electron chi connectivity index (χ4n) is 0.595. The molecular weight excluding hydrogens is 145 g/mol. The quantitative estimate of drug-likeness (QED) is 0.655. The van der Waals surface area contributed by atoms with Crippen molar-refractivity contribution in [2.75, 3.05) is 6.54 Å². The summed E-state index contributed by atoms with van der Waals surface area (Å²) >= 11 is 0. The van der Waals surface area contributed by atoms with Crippen LogP contribution in [0, 0.1) is 0 Å². The number of hydrogen-bond acceptors (Lipinski definition) is 1. The number of hydrogen-bond donors (Lipinski definition) is 1. The van der Waals surface area contributed by atoms with Crippen molar-refractivity contribution in [1.82, 2.24) is 5.32 Å². The van der Waals surface area contributed by atoms with E-state index in [1.54, 1.807) is 0 Å². The Morgan fingerprint density at radius 2 is 2.00 bits per heavy atom. The molecule has 0 saturated heterocycles. The minimum absolute atomic E-state index is 0.154. The minimum atomic E-state index is -1.05. The van der Waals surface area contributed by atoms with E-state index in [1.807, 2.05) is 13.8 Å². The molecule has 0 aromatic heterocycles. The third-order valence-electron chi connectivity index (χ3n) is 1.45. The van der Waals surface area contributed by atoms with Gasteiger partial charge in [-0.15, -0.1) is 0 Å². The van der Waals surface area contributed by atoms with E-state index in [0.29, 0.717) is 12.8 Å². The van der Waals surface area contributed by atoms with Crippen molar-refractivity contribution in [1.29, 1.82) is 0 Å². The van der Waals surface area contributed by atoms with Crippen LogP contribution in [0.25, 0.3) is 0 Å². The smallest absolute Gasteiger partial charge is 0.216 e. The lowest BCUT2D eigenvalue weighted by atomic mass is 10.4. The Kier molecular flexibility index (Phi) is 4.08. The van der Waals surface area contributed by atoms with Crippen LogP contribution in [0.2, 0.25) is 0 Å². The fourth-order valence-corrected chi connectivity index (χ4v) is 0.595. The molecule has 0 radical (unpaired) electrons. The third kappa shape index (κ3) is 4.76. The standard InChI is InChI=1S/C6H10FNO.C2H6/c1-5(9)8-4-6(7)2-3-6;1-2/h2-4H2,1H3,(H,8,9);1-2H3. The summed E-state index contributed by atoms with van der Waals surface area (Å²) in [5.74, 6) is -0.154. The van der Waals surface area contributed by atoms with Gasteiger partial charge in [0.05, 0.1) is 6.54 Å². The molecule has 0 aliphatic heterocycles. The molecule has 1 fully saturated rings. The van der Waals surface area contributed by atoms with E-state index < -0.39 is 5.67 Å². The van der Waals surface area contributed by atoms with Crippen molar-refractivity contribution in [2.45, 2.75) is 39.3 Å². The van der Waals surface area contributed by atoms with Gasteiger partial charge in [0.1, 0.15) is 5.67 Å². The minimum Gasteiger partial charge on any atom is -0.353 e. The number of rotatable bonds is 2. The maximum absolute atomic E-state index is 12.6. The van der Waals surface area contributed by atoms with Crippen LogP contribution in [0.15, 0.2) is 0 Å². The van der Waals surface area contributed by atoms with Crippen molar-refractivity contribution >= 4 is 5.91 Å². The van der Waals surface area contributed by atoms with E-state index in [9.17, 15) is 9.18 Å². The Labute approximate surface area is 67.2 Å². The Morgan fingerprint density at radius 3 is 2.27 bits per heavy atom. The van der Waals surface area contributed by atoms with Crippen LogP contribution in [-0.2, 0) is 4.79 Å². The molecule has 1 aliphatic rings. The monoisotopic (exact) mass is 161 g/mol. The lowest BCUT2D eigenvalue weighted by Gasteiger charge is -2.03. The Hall–Kier alpha value is -0.600. The van der Waals surface area contributed by atoms with Crippen LogP contribution in [0.1, 0.15) is 33.6 Å². The van der Waals surface area contributed by atoms with Gasteiger partial charge < -0.3 is 5.32 Å². The van der Waals surface area contributed by atoms with Crippen molar-refractivity contribution in [3.63, 3.8) is 0 Å². The highest BCUT2D eigenvalue weighted by atomic mass is 19.1. The molecule has 0 atom stereocenters. The molecule has 2 nitrogen and oxygen atoms in total. The highest BCUT2D eigenvalue weighted by molar-refractivity contribution is 5.72. The molecular formula is C8H16FNO. The highest BCUT2D eigenvalue weighted by Gasteiger charge is 2.42. The molecule has 0 bridgehead atoms. The van der Waals surface area contributed by atoms with E-state index in [-0.39, 0.29) is 12.5 Å². The van der Waals surface area contributed by atoms with E-state index in [2.05, 4.69) is 5.32 Å². The Morgan fingerprint density at radius 1 is 1.55 bits per heavy atom. The summed E-state index contributed by atoms with van der Waals surface area (Å²) in [5, 5.41) is 2.43. The van der Waals surface area contributed by atoms with E-state index in [1.165, 1.54) is 6.92 Å². The van der Waals surface area contributed by atoms with Gasteiger partial charge in [-0.25, -0.2) is 4.39 Å². The van der Waals surface area contributed by atoms with Crippen molar-refractivity contribution in [3.8, 4) is 0 Å². The average Bonchev–Trinajstić information content (AvgIpc) is 2.70. The molecule has 0 unspecified atom stereocenters. The average molecular weight is 161 g/mol. The zero-order chi connectivity index (χ0) is 8.91. The van der Waals surface area contributed by atoms with Crippen LogP contribution >= 0.6 is 0 Å². The first-order valence-electron chi connectivity index (χ1n) is 4.06. The van der Waals surface area contributed by atoms with Crippen molar-refractivity contribution in [3.05, 3.63) is 0 Å². The lowest BCUT2D eigenvalue weighted by Crippen LogP contribution is -2.28. The van der Waals surface area contributed by atoms with Crippen LogP contribution in [0.5, 0.6) is 0 Å². The van der Waals surface area contributed by atoms with Crippen LogP contribution in [0.3, 0.4) is 0 Å². The topological polar surface area (TPSA) is 29.1 Å². The third-order valence-corrected chi connectivity index (χ3v) is 1.45. The normalized spacial score (nSPS) is 17.8. The molecule has 1 N–H and O–H groups in total. The second-order valence-electron chi connectivity index (χ2n) is 2.56. The zero-order valence-electron chi connectivity index (χ0n) is 7.41. The molecule has 1 amide bonds. The fraction of sp³-hybridized carbons (Fsp3) is 0.875. The van der Waals surface area contributed by atoms with Gasteiger partial charge in [-0.1, -0.05) is 13.8 Å². The maximum Gasteiger partial charge on any atom is 0.216 e. The van der Waals surface area contributed by atoms with Crippen LogP contribution in [-0.4, -0.2) is 18.1 Å².